The van der Waals surface area contributed by atoms with Gasteiger partial charge in [-0.3, -0.25) is 14.9 Å². The summed E-state index contributed by atoms with van der Waals surface area (Å²) in [6.07, 6.45) is 10.7. The van der Waals surface area contributed by atoms with E-state index >= 15 is 0 Å². The molecule has 6 rings (SSSR count). The Morgan fingerprint density at radius 2 is 1.86 bits per heavy atom. The monoisotopic (exact) mass is 534 g/mol. The molecule has 0 aromatic carbocycles. The summed E-state index contributed by atoms with van der Waals surface area (Å²) < 4.78 is 5.89. The van der Waals surface area contributed by atoms with Crippen LogP contribution < -0.4 is 21.4 Å². The van der Waals surface area contributed by atoms with E-state index in [-0.39, 0.29) is 41.4 Å². The van der Waals surface area contributed by atoms with E-state index < -0.39 is 0 Å². The SMILES string of the molecule is COC1CCCCC1C1CC(C)NCC1C(=O)NC1NC2CN(C(=O)C3CC4CCCCN4N3)CC2S1. The summed E-state index contributed by atoms with van der Waals surface area (Å²) in [7, 11) is 1.84. The first kappa shape index (κ1) is 26.3. The van der Waals surface area contributed by atoms with Gasteiger partial charge in [0.2, 0.25) is 11.8 Å². The second-order valence-electron chi connectivity index (χ2n) is 12.4. The predicted molar refractivity (Wildman–Crippen MR) is 145 cm³/mol. The Labute approximate surface area is 225 Å². The molecule has 10 heteroatoms. The van der Waals surface area contributed by atoms with Gasteiger partial charge in [0.05, 0.1) is 12.0 Å². The molecule has 37 heavy (non-hydrogen) atoms. The summed E-state index contributed by atoms with van der Waals surface area (Å²) in [4.78, 5) is 28.9. The van der Waals surface area contributed by atoms with Gasteiger partial charge in [-0.05, 0) is 57.3 Å². The molecule has 9 nitrogen and oxygen atoms in total. The van der Waals surface area contributed by atoms with Crippen LogP contribution in [0, 0.1) is 17.8 Å². The van der Waals surface area contributed by atoms with Crippen molar-refractivity contribution in [1.82, 2.24) is 31.3 Å². The van der Waals surface area contributed by atoms with Crippen molar-refractivity contribution >= 4 is 23.6 Å². The topological polar surface area (TPSA) is 98.0 Å². The molecule has 10 unspecified atom stereocenters. The van der Waals surface area contributed by atoms with Crippen molar-refractivity contribution < 1.29 is 14.3 Å². The Kier molecular flexibility index (Phi) is 8.03. The lowest BCUT2D eigenvalue weighted by molar-refractivity contribution is -0.133. The van der Waals surface area contributed by atoms with Crippen molar-refractivity contribution in [3.8, 4) is 0 Å². The number of fused-ring (bicyclic) bond motifs is 2. The number of nitrogens with one attached hydrogen (secondary N) is 4. The second kappa shape index (κ2) is 11.3. The molecule has 10 atom stereocenters. The maximum Gasteiger partial charge on any atom is 0.241 e. The summed E-state index contributed by atoms with van der Waals surface area (Å²) in [5.74, 6) is 1.21. The van der Waals surface area contributed by atoms with Crippen molar-refractivity contribution in [3.05, 3.63) is 0 Å². The lowest BCUT2D eigenvalue weighted by Gasteiger charge is -2.44. The summed E-state index contributed by atoms with van der Waals surface area (Å²) in [5.41, 5.74) is 3.41. The zero-order valence-electron chi connectivity index (χ0n) is 22.5. The van der Waals surface area contributed by atoms with Crippen molar-refractivity contribution in [2.75, 3.05) is 33.3 Å². The van der Waals surface area contributed by atoms with Crippen LogP contribution >= 0.6 is 11.8 Å². The number of methoxy groups -OCH3 is 1. The number of carbonyl (C=O) groups excluding carboxylic acids is 2. The molecule has 0 bridgehead atoms. The van der Waals surface area contributed by atoms with Gasteiger partial charge in [-0.15, -0.1) is 11.8 Å². The average molecular weight is 535 g/mol. The first-order valence-electron chi connectivity index (χ1n) is 14.8. The first-order valence-corrected chi connectivity index (χ1v) is 15.7. The highest BCUT2D eigenvalue weighted by Gasteiger charge is 2.48. The summed E-state index contributed by atoms with van der Waals surface area (Å²) in [6, 6.07) is 1.12. The molecule has 1 saturated carbocycles. The van der Waals surface area contributed by atoms with E-state index in [0.29, 0.717) is 29.2 Å². The number of carbonyl (C=O) groups is 2. The fourth-order valence-electron chi connectivity index (χ4n) is 8.09. The Bertz CT molecular complexity index is 821. The van der Waals surface area contributed by atoms with E-state index in [2.05, 4.69) is 33.3 Å². The number of likely N-dealkylation sites (tertiary alicyclic amines) is 1. The van der Waals surface area contributed by atoms with E-state index in [1.54, 1.807) is 11.8 Å². The largest absolute Gasteiger partial charge is 0.381 e. The number of hydrogen-bond acceptors (Lipinski definition) is 8. The quantitative estimate of drug-likeness (QED) is 0.419. The van der Waals surface area contributed by atoms with Gasteiger partial charge in [-0.25, -0.2) is 10.4 Å². The number of piperidine rings is 2. The van der Waals surface area contributed by atoms with Crippen LogP contribution in [0.2, 0.25) is 0 Å². The summed E-state index contributed by atoms with van der Waals surface area (Å²) in [5, 5.41) is 13.2. The van der Waals surface area contributed by atoms with Gasteiger partial charge in [0.25, 0.3) is 0 Å². The maximum atomic E-state index is 13.6. The molecule has 5 saturated heterocycles. The molecule has 5 heterocycles. The molecule has 0 aromatic rings. The van der Waals surface area contributed by atoms with Crippen LogP contribution in [0.4, 0.5) is 0 Å². The minimum absolute atomic E-state index is 0.0233. The molecule has 0 spiro atoms. The summed E-state index contributed by atoms with van der Waals surface area (Å²) >= 11 is 1.79. The average Bonchev–Trinajstić information content (AvgIpc) is 3.61. The minimum Gasteiger partial charge on any atom is -0.381 e. The van der Waals surface area contributed by atoms with Gasteiger partial charge in [0.1, 0.15) is 11.5 Å². The lowest BCUT2D eigenvalue weighted by atomic mass is 9.68. The second-order valence-corrected chi connectivity index (χ2v) is 13.7. The number of rotatable bonds is 5. The number of hydrazine groups is 1. The Hall–Kier alpha value is -0.910. The third-order valence-electron chi connectivity index (χ3n) is 10.1. The molecular formula is C27H46N6O3S. The number of amides is 2. The fraction of sp³-hybridized carbons (Fsp3) is 0.926. The van der Waals surface area contributed by atoms with Crippen molar-refractivity contribution in [2.45, 2.75) is 106 Å². The molecule has 6 aliphatic rings. The van der Waals surface area contributed by atoms with E-state index in [0.717, 1.165) is 45.4 Å². The van der Waals surface area contributed by atoms with Crippen molar-refractivity contribution in [2.24, 2.45) is 17.8 Å². The van der Waals surface area contributed by atoms with E-state index in [1.165, 1.54) is 38.5 Å². The number of ether oxygens (including phenoxy) is 1. The minimum atomic E-state index is -0.0806. The first-order chi connectivity index (χ1) is 18.0. The van der Waals surface area contributed by atoms with Crippen LogP contribution in [-0.4, -0.2) is 96.0 Å². The summed E-state index contributed by atoms with van der Waals surface area (Å²) in [6.45, 7) is 5.53. The standard InChI is InChI=1S/C27H46N6O3S/c1-16-11-19(18-8-3-4-9-23(18)36-2)20(13-28-16)25(34)30-27-29-22-14-32(15-24(22)37-27)26(35)21-12-17-7-5-6-10-33(17)31-21/h16-24,27-29,31H,3-15H2,1-2H3,(H,30,34). The van der Waals surface area contributed by atoms with E-state index in [4.69, 9.17) is 4.74 Å². The molecule has 0 aromatic heterocycles. The molecule has 0 radical (unpaired) electrons. The van der Waals surface area contributed by atoms with Crippen molar-refractivity contribution in [3.63, 3.8) is 0 Å². The van der Waals surface area contributed by atoms with Gasteiger partial charge in [0, 0.05) is 56.7 Å². The Morgan fingerprint density at radius 1 is 1.03 bits per heavy atom. The van der Waals surface area contributed by atoms with Crippen molar-refractivity contribution in [1.29, 1.82) is 0 Å². The number of thioether (sulfide) groups is 1. The molecule has 2 amide bonds. The third-order valence-corrected chi connectivity index (χ3v) is 11.4. The van der Waals surface area contributed by atoms with Gasteiger partial charge >= 0.3 is 0 Å². The highest BCUT2D eigenvalue weighted by Crippen LogP contribution is 2.40. The molecule has 208 valence electrons. The maximum absolute atomic E-state index is 13.6. The number of hydrogen-bond donors (Lipinski definition) is 4. The van der Waals surface area contributed by atoms with E-state index in [1.807, 2.05) is 12.0 Å². The Morgan fingerprint density at radius 3 is 2.68 bits per heavy atom. The molecule has 4 N–H and O–H groups in total. The van der Waals surface area contributed by atoms with Crippen LogP contribution in [0.15, 0.2) is 0 Å². The van der Waals surface area contributed by atoms with Gasteiger partial charge in [0.15, 0.2) is 0 Å². The van der Waals surface area contributed by atoms with Gasteiger partial charge < -0.3 is 20.3 Å². The van der Waals surface area contributed by atoms with E-state index in [9.17, 15) is 9.59 Å². The molecule has 5 aliphatic heterocycles. The fourth-order valence-corrected chi connectivity index (χ4v) is 9.50. The smallest absolute Gasteiger partial charge is 0.241 e. The zero-order chi connectivity index (χ0) is 25.5. The molecule has 6 fully saturated rings. The molecular weight excluding hydrogens is 488 g/mol. The normalized spacial score (nSPS) is 44.4. The van der Waals surface area contributed by atoms with Gasteiger partial charge in [-0.2, -0.15) is 0 Å². The highest BCUT2D eigenvalue weighted by atomic mass is 32.2. The predicted octanol–water partition coefficient (Wildman–Crippen LogP) is 1.25. The van der Waals surface area contributed by atoms with Gasteiger partial charge in [-0.1, -0.05) is 19.3 Å². The highest BCUT2D eigenvalue weighted by molar-refractivity contribution is 8.00. The third kappa shape index (κ3) is 5.43. The Balaban J connectivity index is 1.02. The zero-order valence-corrected chi connectivity index (χ0v) is 23.3. The van der Waals surface area contributed by atoms with Crippen LogP contribution in [-0.2, 0) is 14.3 Å². The van der Waals surface area contributed by atoms with Crippen LogP contribution in [0.1, 0.15) is 64.7 Å². The van der Waals surface area contributed by atoms with Crippen LogP contribution in [0.25, 0.3) is 0 Å². The van der Waals surface area contributed by atoms with Crippen LogP contribution in [0.5, 0.6) is 0 Å². The lowest BCUT2D eigenvalue weighted by Crippen LogP contribution is -2.55. The molecule has 1 aliphatic carbocycles. The number of nitrogens with zero attached hydrogens (tertiary/aromatic N) is 2. The van der Waals surface area contributed by atoms with Crippen LogP contribution in [0.3, 0.4) is 0 Å².